The van der Waals surface area contributed by atoms with Crippen molar-refractivity contribution in [3.63, 3.8) is 0 Å². The molecule has 9 heteroatoms. The lowest BCUT2D eigenvalue weighted by atomic mass is 10.2. The van der Waals surface area contributed by atoms with Gasteiger partial charge in [0.1, 0.15) is 0 Å². The molecule has 2 unspecified atom stereocenters. The van der Waals surface area contributed by atoms with Crippen molar-refractivity contribution in [1.29, 1.82) is 0 Å². The Hall–Kier alpha value is -1.87. The number of morpholine rings is 1. The molecule has 0 aromatic heterocycles. The lowest BCUT2D eigenvalue weighted by Gasteiger charge is -2.33. The Morgan fingerprint density at radius 1 is 1.43 bits per heavy atom. The number of carbonyl (C=O) groups is 3. The molecule has 2 amide bonds. The third kappa shape index (κ3) is 5.56. The number of nitrogens with zero attached hydrogens (tertiary/aromatic N) is 1. The van der Waals surface area contributed by atoms with Gasteiger partial charge in [0.25, 0.3) is 0 Å². The maximum Gasteiger partial charge on any atom is 0.328 e. The summed E-state index contributed by atoms with van der Waals surface area (Å²) in [4.78, 5) is 35.6. The van der Waals surface area contributed by atoms with Crippen LogP contribution in [0.4, 0.5) is 4.79 Å². The summed E-state index contributed by atoms with van der Waals surface area (Å²) in [6.07, 6.45) is -0.414. The molecule has 0 bridgehead atoms. The predicted octanol–water partition coefficient (Wildman–Crippen LogP) is -0.940. The molecule has 1 rings (SSSR count). The average Bonchev–Trinajstić information content (AvgIpc) is 2.46. The van der Waals surface area contributed by atoms with Crippen LogP contribution >= 0.6 is 0 Å². The zero-order valence-electron chi connectivity index (χ0n) is 12.0. The molecule has 0 saturated carbocycles. The zero-order chi connectivity index (χ0) is 15.8. The number of nitrogens with one attached hydrogen (secondary N) is 1. The monoisotopic (exact) mass is 304 g/mol. The Kier molecular flexibility index (Phi) is 6.89. The van der Waals surface area contributed by atoms with Crippen molar-refractivity contribution in [1.82, 2.24) is 10.2 Å². The molecule has 0 aliphatic carbocycles. The molecule has 1 heterocycles. The van der Waals surface area contributed by atoms with Gasteiger partial charge in [0.15, 0.2) is 6.04 Å². The standard InChI is InChI=1S/C12H20N2O7/c1-19-7-9(11(16)17)13-12(18)14-3-4-21-8(6-14)5-10(15)20-2/h8-9H,3-7H2,1-2H3,(H,13,18)(H,16,17). The van der Waals surface area contributed by atoms with E-state index in [1.54, 1.807) is 0 Å². The lowest BCUT2D eigenvalue weighted by Crippen LogP contribution is -2.54. The summed E-state index contributed by atoms with van der Waals surface area (Å²) < 4.78 is 14.7. The fourth-order valence-corrected chi connectivity index (χ4v) is 1.88. The molecule has 1 aliphatic heterocycles. The summed E-state index contributed by atoms with van der Waals surface area (Å²) in [7, 11) is 2.63. The second-order valence-corrected chi connectivity index (χ2v) is 4.51. The maximum atomic E-state index is 12.0. The van der Waals surface area contributed by atoms with Crippen molar-refractivity contribution in [2.45, 2.75) is 18.6 Å². The third-order valence-corrected chi connectivity index (χ3v) is 2.98. The number of rotatable bonds is 6. The first-order valence-corrected chi connectivity index (χ1v) is 6.43. The van der Waals surface area contributed by atoms with E-state index in [0.717, 1.165) is 0 Å². The Morgan fingerprint density at radius 2 is 2.14 bits per heavy atom. The fourth-order valence-electron chi connectivity index (χ4n) is 1.88. The molecule has 1 fully saturated rings. The second kappa shape index (κ2) is 8.42. The molecule has 21 heavy (non-hydrogen) atoms. The van der Waals surface area contributed by atoms with E-state index in [1.807, 2.05) is 0 Å². The molecule has 120 valence electrons. The highest BCUT2D eigenvalue weighted by Gasteiger charge is 2.29. The Bertz CT molecular complexity index is 388. The van der Waals surface area contributed by atoms with E-state index in [0.29, 0.717) is 6.54 Å². The molecule has 0 aromatic rings. The first kappa shape index (κ1) is 17.2. The summed E-state index contributed by atoms with van der Waals surface area (Å²) >= 11 is 0. The number of hydrogen-bond donors (Lipinski definition) is 2. The first-order chi connectivity index (χ1) is 9.97. The Balaban J connectivity index is 2.52. The van der Waals surface area contributed by atoms with Crippen LogP contribution in [0.3, 0.4) is 0 Å². The highest BCUT2D eigenvalue weighted by atomic mass is 16.5. The fraction of sp³-hybridized carbons (Fsp3) is 0.750. The highest BCUT2D eigenvalue weighted by molar-refractivity contribution is 5.82. The van der Waals surface area contributed by atoms with Crippen molar-refractivity contribution in [3.8, 4) is 0 Å². The Labute approximate surface area is 122 Å². The van der Waals surface area contributed by atoms with Gasteiger partial charge >= 0.3 is 18.0 Å². The number of esters is 1. The van der Waals surface area contributed by atoms with Gasteiger partial charge in [-0.15, -0.1) is 0 Å². The summed E-state index contributed by atoms with van der Waals surface area (Å²) in [5.74, 6) is -1.60. The van der Waals surface area contributed by atoms with Gasteiger partial charge in [0.05, 0.1) is 32.8 Å². The molecule has 0 spiro atoms. The van der Waals surface area contributed by atoms with Gasteiger partial charge in [-0.2, -0.15) is 0 Å². The van der Waals surface area contributed by atoms with Crippen LogP contribution in [-0.4, -0.2) is 80.6 Å². The number of aliphatic carboxylic acids is 1. The molecular weight excluding hydrogens is 284 g/mol. The number of carboxylic acids is 1. The second-order valence-electron chi connectivity index (χ2n) is 4.51. The van der Waals surface area contributed by atoms with Gasteiger partial charge in [0, 0.05) is 20.2 Å². The van der Waals surface area contributed by atoms with Gasteiger partial charge in [-0.1, -0.05) is 0 Å². The molecule has 1 aliphatic rings. The summed E-state index contributed by atoms with van der Waals surface area (Å²) in [6.45, 7) is 0.664. The largest absolute Gasteiger partial charge is 0.480 e. The molecule has 1 saturated heterocycles. The summed E-state index contributed by atoms with van der Waals surface area (Å²) in [5, 5.41) is 11.3. The summed E-state index contributed by atoms with van der Waals surface area (Å²) in [5.41, 5.74) is 0. The predicted molar refractivity (Wildman–Crippen MR) is 69.8 cm³/mol. The van der Waals surface area contributed by atoms with Gasteiger partial charge < -0.3 is 29.5 Å². The van der Waals surface area contributed by atoms with E-state index in [4.69, 9.17) is 14.6 Å². The minimum Gasteiger partial charge on any atom is -0.480 e. The van der Waals surface area contributed by atoms with Gasteiger partial charge in [-0.25, -0.2) is 9.59 Å². The van der Waals surface area contributed by atoms with Crippen LogP contribution in [0.1, 0.15) is 6.42 Å². The van der Waals surface area contributed by atoms with Crippen molar-refractivity contribution in [2.24, 2.45) is 0 Å². The van der Waals surface area contributed by atoms with Crippen LogP contribution in [0.25, 0.3) is 0 Å². The quantitative estimate of drug-likeness (QED) is 0.609. The van der Waals surface area contributed by atoms with Crippen LogP contribution in [-0.2, 0) is 23.8 Å². The van der Waals surface area contributed by atoms with E-state index < -0.39 is 30.1 Å². The lowest BCUT2D eigenvalue weighted by molar-refractivity contribution is -0.145. The summed E-state index contributed by atoms with van der Waals surface area (Å²) in [6, 6.07) is -1.65. The third-order valence-electron chi connectivity index (χ3n) is 2.98. The van der Waals surface area contributed by atoms with Crippen molar-refractivity contribution in [2.75, 3.05) is 40.5 Å². The minimum absolute atomic E-state index is 0.0424. The average molecular weight is 304 g/mol. The van der Waals surface area contributed by atoms with E-state index in [-0.39, 0.29) is 26.2 Å². The molecule has 0 radical (unpaired) electrons. The number of urea groups is 1. The number of carbonyl (C=O) groups excluding carboxylic acids is 2. The highest BCUT2D eigenvalue weighted by Crippen LogP contribution is 2.09. The normalized spacial score (nSPS) is 19.7. The number of methoxy groups -OCH3 is 2. The van der Waals surface area contributed by atoms with Crippen LogP contribution in [0.15, 0.2) is 0 Å². The number of hydrogen-bond acceptors (Lipinski definition) is 6. The molecule has 2 N–H and O–H groups in total. The van der Waals surface area contributed by atoms with E-state index in [1.165, 1.54) is 19.1 Å². The molecule has 2 atom stereocenters. The maximum absolute atomic E-state index is 12.0. The van der Waals surface area contributed by atoms with Gasteiger partial charge in [-0.05, 0) is 0 Å². The molecule has 0 aromatic carbocycles. The van der Waals surface area contributed by atoms with Crippen molar-refractivity contribution < 1.29 is 33.7 Å². The molecular formula is C12H20N2O7. The van der Waals surface area contributed by atoms with Crippen molar-refractivity contribution in [3.05, 3.63) is 0 Å². The number of ether oxygens (including phenoxy) is 3. The van der Waals surface area contributed by atoms with Crippen LogP contribution < -0.4 is 5.32 Å². The van der Waals surface area contributed by atoms with Crippen LogP contribution in [0, 0.1) is 0 Å². The Morgan fingerprint density at radius 3 is 2.71 bits per heavy atom. The smallest absolute Gasteiger partial charge is 0.328 e. The van der Waals surface area contributed by atoms with Crippen LogP contribution in [0.2, 0.25) is 0 Å². The minimum atomic E-state index is -1.18. The van der Waals surface area contributed by atoms with E-state index in [9.17, 15) is 14.4 Å². The van der Waals surface area contributed by atoms with E-state index in [2.05, 4.69) is 10.1 Å². The number of amides is 2. The van der Waals surface area contributed by atoms with Gasteiger partial charge in [-0.3, -0.25) is 4.79 Å². The number of carboxylic acid groups (broad SMARTS) is 1. The topological polar surface area (TPSA) is 114 Å². The SMILES string of the molecule is COCC(NC(=O)N1CCOC(CC(=O)OC)C1)C(=O)O. The van der Waals surface area contributed by atoms with Crippen molar-refractivity contribution >= 4 is 18.0 Å². The zero-order valence-corrected chi connectivity index (χ0v) is 12.0. The van der Waals surface area contributed by atoms with Crippen LogP contribution in [0.5, 0.6) is 0 Å². The molecule has 9 nitrogen and oxygen atoms in total. The van der Waals surface area contributed by atoms with E-state index >= 15 is 0 Å². The van der Waals surface area contributed by atoms with Gasteiger partial charge in [0.2, 0.25) is 0 Å². The first-order valence-electron chi connectivity index (χ1n) is 6.43.